The van der Waals surface area contributed by atoms with E-state index in [1.165, 1.54) is 0 Å². The molecule has 18 heavy (non-hydrogen) atoms. The molecule has 1 aromatic rings. The second-order valence-corrected chi connectivity index (χ2v) is 3.86. The normalized spacial score (nSPS) is 11.3. The fourth-order valence-corrected chi connectivity index (χ4v) is 1.62. The van der Waals surface area contributed by atoms with Gasteiger partial charge in [0.15, 0.2) is 0 Å². The predicted octanol–water partition coefficient (Wildman–Crippen LogP) is 1.84. The SMILES string of the molecule is C=CCC(N)C(=O)N(CCC#N)c1ccccc1. The zero-order valence-corrected chi connectivity index (χ0v) is 10.2. The zero-order valence-electron chi connectivity index (χ0n) is 10.2. The number of nitriles is 1. The molecule has 4 heteroatoms. The van der Waals surface area contributed by atoms with Crippen molar-refractivity contribution in [2.45, 2.75) is 18.9 Å². The van der Waals surface area contributed by atoms with E-state index in [9.17, 15) is 4.79 Å². The molecule has 0 heterocycles. The van der Waals surface area contributed by atoms with Crippen molar-refractivity contribution in [2.75, 3.05) is 11.4 Å². The summed E-state index contributed by atoms with van der Waals surface area (Å²) in [5.41, 5.74) is 6.55. The molecular weight excluding hydrogens is 226 g/mol. The van der Waals surface area contributed by atoms with Crippen LogP contribution < -0.4 is 10.6 Å². The Bertz CT molecular complexity index is 436. The van der Waals surface area contributed by atoms with Gasteiger partial charge < -0.3 is 10.6 Å². The number of amides is 1. The Labute approximate surface area is 107 Å². The number of rotatable bonds is 6. The Balaban J connectivity index is 2.88. The van der Waals surface area contributed by atoms with Crippen molar-refractivity contribution in [2.24, 2.45) is 5.73 Å². The summed E-state index contributed by atoms with van der Waals surface area (Å²) in [5.74, 6) is -0.184. The summed E-state index contributed by atoms with van der Waals surface area (Å²) < 4.78 is 0. The molecule has 0 bridgehead atoms. The van der Waals surface area contributed by atoms with Crippen molar-refractivity contribution in [1.82, 2.24) is 0 Å². The van der Waals surface area contributed by atoms with Crippen LogP contribution in [0.5, 0.6) is 0 Å². The highest BCUT2D eigenvalue weighted by Crippen LogP contribution is 2.15. The quantitative estimate of drug-likeness (QED) is 0.775. The molecular formula is C14H17N3O. The summed E-state index contributed by atoms with van der Waals surface area (Å²) in [6.07, 6.45) is 2.33. The van der Waals surface area contributed by atoms with Crippen LogP contribution in [0.2, 0.25) is 0 Å². The van der Waals surface area contributed by atoms with Gasteiger partial charge >= 0.3 is 0 Å². The monoisotopic (exact) mass is 243 g/mol. The third-order valence-electron chi connectivity index (χ3n) is 2.52. The van der Waals surface area contributed by atoms with Gasteiger partial charge in [-0.15, -0.1) is 6.58 Å². The van der Waals surface area contributed by atoms with Gasteiger partial charge in [0.1, 0.15) is 0 Å². The van der Waals surface area contributed by atoms with Crippen molar-refractivity contribution in [1.29, 1.82) is 5.26 Å². The molecule has 0 saturated heterocycles. The lowest BCUT2D eigenvalue weighted by molar-refractivity contribution is -0.119. The molecule has 0 aliphatic carbocycles. The number of para-hydroxylation sites is 1. The number of hydrogen-bond acceptors (Lipinski definition) is 3. The third-order valence-corrected chi connectivity index (χ3v) is 2.52. The Morgan fingerprint density at radius 1 is 1.50 bits per heavy atom. The summed E-state index contributed by atoms with van der Waals surface area (Å²) in [5, 5.41) is 8.65. The van der Waals surface area contributed by atoms with Crippen molar-refractivity contribution in [3.63, 3.8) is 0 Å². The molecule has 0 aliphatic rings. The third kappa shape index (κ3) is 3.72. The first-order chi connectivity index (χ1) is 8.70. The summed E-state index contributed by atoms with van der Waals surface area (Å²) in [6.45, 7) is 3.93. The summed E-state index contributed by atoms with van der Waals surface area (Å²) in [4.78, 5) is 13.7. The van der Waals surface area contributed by atoms with Crippen LogP contribution in [-0.2, 0) is 4.79 Å². The highest BCUT2D eigenvalue weighted by molar-refractivity contribution is 5.97. The smallest absolute Gasteiger partial charge is 0.244 e. The van der Waals surface area contributed by atoms with Gasteiger partial charge in [0.2, 0.25) is 5.91 Å². The zero-order chi connectivity index (χ0) is 13.4. The summed E-state index contributed by atoms with van der Waals surface area (Å²) in [7, 11) is 0. The number of anilines is 1. The standard InChI is InChI=1S/C14H17N3O/c1-2-7-13(16)14(18)17(11-6-10-15)12-8-4-3-5-9-12/h2-5,8-9,13H,1,6-7,11,16H2. The molecule has 0 fully saturated rings. The largest absolute Gasteiger partial charge is 0.320 e. The molecule has 0 aliphatic heterocycles. The molecule has 0 spiro atoms. The van der Waals surface area contributed by atoms with Crippen molar-refractivity contribution >= 4 is 11.6 Å². The maximum atomic E-state index is 12.2. The molecule has 1 unspecified atom stereocenters. The molecule has 4 nitrogen and oxygen atoms in total. The number of benzene rings is 1. The molecule has 0 saturated carbocycles. The first-order valence-electron chi connectivity index (χ1n) is 5.80. The van der Waals surface area contributed by atoms with Crippen LogP contribution in [0.15, 0.2) is 43.0 Å². The fraction of sp³-hybridized carbons (Fsp3) is 0.286. The van der Waals surface area contributed by atoms with E-state index in [-0.39, 0.29) is 12.3 Å². The molecule has 0 radical (unpaired) electrons. The van der Waals surface area contributed by atoms with Gasteiger partial charge in [-0.3, -0.25) is 4.79 Å². The molecule has 1 amide bonds. The Kier molecular flexibility index (Phi) is 5.62. The summed E-state index contributed by atoms with van der Waals surface area (Å²) in [6, 6.07) is 10.7. The predicted molar refractivity (Wildman–Crippen MR) is 71.8 cm³/mol. The maximum absolute atomic E-state index is 12.2. The van der Waals surface area contributed by atoms with Crippen LogP contribution in [0.4, 0.5) is 5.69 Å². The Morgan fingerprint density at radius 2 is 2.17 bits per heavy atom. The fourth-order valence-electron chi connectivity index (χ4n) is 1.62. The second-order valence-electron chi connectivity index (χ2n) is 3.86. The van der Waals surface area contributed by atoms with Gasteiger partial charge in [-0.1, -0.05) is 24.3 Å². The lowest BCUT2D eigenvalue weighted by atomic mass is 10.1. The molecule has 1 rings (SSSR count). The molecule has 2 N–H and O–H groups in total. The average Bonchev–Trinajstić information content (AvgIpc) is 2.40. The summed E-state index contributed by atoms with van der Waals surface area (Å²) >= 11 is 0. The van der Waals surface area contributed by atoms with E-state index < -0.39 is 6.04 Å². The van der Waals surface area contributed by atoms with E-state index in [0.717, 1.165) is 5.69 Å². The maximum Gasteiger partial charge on any atom is 0.244 e. The number of nitrogens with two attached hydrogens (primary N) is 1. The first-order valence-corrected chi connectivity index (χ1v) is 5.80. The number of hydrogen-bond donors (Lipinski definition) is 1. The first kappa shape index (κ1) is 13.9. The number of nitrogens with zero attached hydrogens (tertiary/aromatic N) is 2. The van der Waals surface area contributed by atoms with Gasteiger partial charge in [-0.05, 0) is 18.6 Å². The topological polar surface area (TPSA) is 70.1 Å². The van der Waals surface area contributed by atoms with Gasteiger partial charge in [0.05, 0.1) is 18.5 Å². The van der Waals surface area contributed by atoms with Crippen molar-refractivity contribution in [3.05, 3.63) is 43.0 Å². The van der Waals surface area contributed by atoms with Crippen molar-refractivity contribution < 1.29 is 4.79 Å². The van der Waals surface area contributed by atoms with Crippen LogP contribution >= 0.6 is 0 Å². The van der Waals surface area contributed by atoms with Gasteiger partial charge in [-0.25, -0.2) is 0 Å². The number of carbonyl (C=O) groups is 1. The van der Waals surface area contributed by atoms with E-state index in [4.69, 9.17) is 11.0 Å². The van der Waals surface area contributed by atoms with Crippen LogP contribution in [0, 0.1) is 11.3 Å². The Hall–Kier alpha value is -2.12. The minimum absolute atomic E-state index is 0.184. The molecule has 1 atom stereocenters. The van der Waals surface area contributed by atoms with E-state index in [1.807, 2.05) is 36.4 Å². The number of carbonyl (C=O) groups excluding carboxylic acids is 1. The van der Waals surface area contributed by atoms with E-state index in [0.29, 0.717) is 13.0 Å². The lowest BCUT2D eigenvalue weighted by Gasteiger charge is -2.24. The Morgan fingerprint density at radius 3 is 2.72 bits per heavy atom. The van der Waals surface area contributed by atoms with Gasteiger partial charge in [0, 0.05) is 12.2 Å². The minimum Gasteiger partial charge on any atom is -0.320 e. The highest BCUT2D eigenvalue weighted by Gasteiger charge is 2.20. The van der Waals surface area contributed by atoms with Crippen molar-refractivity contribution in [3.8, 4) is 6.07 Å². The molecule has 1 aromatic carbocycles. The van der Waals surface area contributed by atoms with Gasteiger partial charge in [-0.2, -0.15) is 5.26 Å². The van der Waals surface area contributed by atoms with E-state index in [2.05, 4.69) is 6.58 Å². The van der Waals surface area contributed by atoms with Crippen LogP contribution in [0.25, 0.3) is 0 Å². The van der Waals surface area contributed by atoms with E-state index in [1.54, 1.807) is 11.0 Å². The highest BCUT2D eigenvalue weighted by atomic mass is 16.2. The lowest BCUT2D eigenvalue weighted by Crippen LogP contribution is -2.44. The molecule has 0 aromatic heterocycles. The van der Waals surface area contributed by atoms with Crippen LogP contribution in [0.3, 0.4) is 0 Å². The van der Waals surface area contributed by atoms with E-state index >= 15 is 0 Å². The average molecular weight is 243 g/mol. The minimum atomic E-state index is -0.610. The molecule has 94 valence electrons. The van der Waals surface area contributed by atoms with Crippen LogP contribution in [0.1, 0.15) is 12.8 Å². The second kappa shape index (κ2) is 7.25. The van der Waals surface area contributed by atoms with Crippen LogP contribution in [-0.4, -0.2) is 18.5 Å². The van der Waals surface area contributed by atoms with Gasteiger partial charge in [0.25, 0.3) is 0 Å².